The van der Waals surface area contributed by atoms with Crippen LogP contribution in [0.25, 0.3) is 12.3 Å². The van der Waals surface area contributed by atoms with Crippen LogP contribution in [0.2, 0.25) is 0 Å². The van der Waals surface area contributed by atoms with Gasteiger partial charge in [-0.25, -0.2) is 0 Å². The zero-order valence-electron chi connectivity index (χ0n) is 8.33. The largest absolute Gasteiger partial charge is 0.278 e. The lowest BCUT2D eigenvalue weighted by Crippen LogP contribution is -2.24. The highest BCUT2D eigenvalue weighted by Crippen LogP contribution is 2.08. The van der Waals surface area contributed by atoms with Crippen LogP contribution in [0, 0.1) is 5.92 Å². The Kier molecular flexibility index (Phi) is 3.01. The molecule has 3 heteroatoms. The zero-order valence-corrected chi connectivity index (χ0v) is 8.33. The smallest absolute Gasteiger partial charge is 0.0597 e. The van der Waals surface area contributed by atoms with E-state index in [1.165, 1.54) is 0 Å². The first-order valence-electron chi connectivity index (χ1n) is 4.38. The molecule has 1 aromatic rings. The first-order chi connectivity index (χ1) is 6.16. The van der Waals surface area contributed by atoms with Crippen molar-refractivity contribution < 1.29 is 0 Å². The summed E-state index contributed by atoms with van der Waals surface area (Å²) in [5, 5.41) is 8.57. The van der Waals surface area contributed by atoms with Gasteiger partial charge in [-0.3, -0.25) is 10.1 Å². The molecule has 0 saturated heterocycles. The fourth-order valence-electron chi connectivity index (χ4n) is 1.20. The molecule has 1 aromatic heterocycles. The molecular formula is C10H15N3. The second-order valence-corrected chi connectivity index (χ2v) is 3.19. The molecule has 70 valence electrons. The molecule has 0 unspecified atom stereocenters. The van der Waals surface area contributed by atoms with Gasteiger partial charge < -0.3 is 0 Å². The van der Waals surface area contributed by atoms with E-state index in [1.54, 1.807) is 12.4 Å². The Hall–Kier alpha value is -1.38. The molecule has 0 aliphatic rings. The lowest BCUT2D eigenvalue weighted by molar-refractivity contribution is 0.833. The number of nitrogens with one attached hydrogen (secondary N) is 1. The zero-order chi connectivity index (χ0) is 9.84. The second kappa shape index (κ2) is 4.03. The summed E-state index contributed by atoms with van der Waals surface area (Å²) < 4.78 is 0. The summed E-state index contributed by atoms with van der Waals surface area (Å²) in [7, 11) is 0. The third kappa shape index (κ3) is 2.05. The molecule has 0 spiro atoms. The van der Waals surface area contributed by atoms with E-state index in [1.807, 2.05) is 6.92 Å². The van der Waals surface area contributed by atoms with Crippen LogP contribution in [0.4, 0.5) is 0 Å². The molecule has 0 radical (unpaired) electrons. The van der Waals surface area contributed by atoms with Crippen molar-refractivity contribution in [2.45, 2.75) is 20.8 Å². The molecule has 1 rings (SSSR count). The third-order valence-electron chi connectivity index (χ3n) is 1.81. The van der Waals surface area contributed by atoms with Crippen molar-refractivity contribution in [3.8, 4) is 0 Å². The monoisotopic (exact) mass is 177 g/mol. The summed E-state index contributed by atoms with van der Waals surface area (Å²) in [4.78, 5) is 4.32. The van der Waals surface area contributed by atoms with Crippen LogP contribution >= 0.6 is 0 Å². The molecule has 1 heterocycles. The van der Waals surface area contributed by atoms with E-state index in [2.05, 4.69) is 35.6 Å². The van der Waals surface area contributed by atoms with Gasteiger partial charge in [0.1, 0.15) is 0 Å². The maximum absolute atomic E-state index is 4.32. The van der Waals surface area contributed by atoms with E-state index in [4.69, 9.17) is 0 Å². The molecular weight excluding hydrogens is 162 g/mol. The average molecular weight is 177 g/mol. The molecule has 0 aromatic carbocycles. The SMILES string of the molecule is C=c1[nH]nc/c1=C(/N=CC)C(C)C. The van der Waals surface area contributed by atoms with Gasteiger partial charge in [-0.15, -0.1) is 0 Å². The number of hydrogen-bond acceptors (Lipinski definition) is 2. The molecule has 0 fully saturated rings. The van der Waals surface area contributed by atoms with Gasteiger partial charge in [0.15, 0.2) is 0 Å². The second-order valence-electron chi connectivity index (χ2n) is 3.19. The Labute approximate surface area is 77.9 Å². The van der Waals surface area contributed by atoms with Crippen molar-refractivity contribution in [2.75, 3.05) is 0 Å². The standard InChI is InChI=1S/C10H15N3/c1-5-11-10(7(2)3)9-6-12-13-8(9)4/h5-7,13H,4H2,1-3H3/b10-9-,11-5?. The van der Waals surface area contributed by atoms with Gasteiger partial charge in [0, 0.05) is 11.4 Å². The van der Waals surface area contributed by atoms with Crippen molar-refractivity contribution in [3.63, 3.8) is 0 Å². The van der Waals surface area contributed by atoms with Gasteiger partial charge in [-0.2, -0.15) is 5.10 Å². The number of aromatic nitrogens is 2. The summed E-state index contributed by atoms with van der Waals surface area (Å²) in [5.74, 6) is 0.384. The number of nitrogens with zero attached hydrogens (tertiary/aromatic N) is 2. The summed E-state index contributed by atoms with van der Waals surface area (Å²) in [6, 6.07) is 0. The highest BCUT2D eigenvalue weighted by molar-refractivity contribution is 5.63. The third-order valence-corrected chi connectivity index (χ3v) is 1.81. The minimum Gasteiger partial charge on any atom is -0.278 e. The molecule has 0 aliphatic carbocycles. The molecule has 0 aliphatic heterocycles. The number of hydrogen-bond donors (Lipinski definition) is 1. The Balaban J connectivity index is 3.43. The highest BCUT2D eigenvalue weighted by Gasteiger charge is 2.02. The Morgan fingerprint density at radius 1 is 1.69 bits per heavy atom. The van der Waals surface area contributed by atoms with Crippen molar-refractivity contribution in [2.24, 2.45) is 10.9 Å². The topological polar surface area (TPSA) is 41.0 Å². The van der Waals surface area contributed by atoms with E-state index in [0.717, 1.165) is 16.3 Å². The van der Waals surface area contributed by atoms with Crippen molar-refractivity contribution >= 4 is 18.5 Å². The van der Waals surface area contributed by atoms with Crippen molar-refractivity contribution in [1.82, 2.24) is 10.2 Å². The van der Waals surface area contributed by atoms with Crippen LogP contribution in [-0.4, -0.2) is 16.4 Å². The maximum Gasteiger partial charge on any atom is 0.0597 e. The Bertz CT molecular complexity index is 398. The van der Waals surface area contributed by atoms with Gasteiger partial charge in [0.2, 0.25) is 0 Å². The van der Waals surface area contributed by atoms with Crippen LogP contribution in [0.5, 0.6) is 0 Å². The van der Waals surface area contributed by atoms with Gasteiger partial charge in [-0.1, -0.05) is 20.4 Å². The summed E-state index contributed by atoms with van der Waals surface area (Å²) >= 11 is 0. The molecule has 0 amide bonds. The molecule has 0 bridgehead atoms. The Morgan fingerprint density at radius 3 is 2.77 bits per heavy atom. The summed E-state index contributed by atoms with van der Waals surface area (Å²) in [6.45, 7) is 9.97. The van der Waals surface area contributed by atoms with Gasteiger partial charge in [0.25, 0.3) is 0 Å². The lowest BCUT2D eigenvalue weighted by Gasteiger charge is -2.03. The summed E-state index contributed by atoms with van der Waals surface area (Å²) in [6.07, 6.45) is 3.56. The van der Waals surface area contributed by atoms with Crippen LogP contribution in [-0.2, 0) is 0 Å². The first-order valence-corrected chi connectivity index (χ1v) is 4.38. The van der Waals surface area contributed by atoms with Gasteiger partial charge in [-0.05, 0) is 12.8 Å². The van der Waals surface area contributed by atoms with Crippen LogP contribution in [0.1, 0.15) is 20.8 Å². The Morgan fingerprint density at radius 2 is 2.38 bits per heavy atom. The van der Waals surface area contributed by atoms with Crippen molar-refractivity contribution in [1.29, 1.82) is 0 Å². The molecule has 0 saturated carbocycles. The highest BCUT2D eigenvalue weighted by atomic mass is 15.1. The van der Waals surface area contributed by atoms with Gasteiger partial charge >= 0.3 is 0 Å². The minimum atomic E-state index is 0.384. The van der Waals surface area contributed by atoms with Crippen molar-refractivity contribution in [3.05, 3.63) is 16.8 Å². The van der Waals surface area contributed by atoms with E-state index in [-0.39, 0.29) is 0 Å². The maximum atomic E-state index is 4.32. The van der Waals surface area contributed by atoms with Crippen LogP contribution in [0.15, 0.2) is 11.2 Å². The number of H-pyrrole nitrogens is 1. The first kappa shape index (κ1) is 9.71. The fourth-order valence-corrected chi connectivity index (χ4v) is 1.20. The number of aromatic amines is 1. The summed E-state index contributed by atoms with van der Waals surface area (Å²) in [5.41, 5.74) is 1.03. The van der Waals surface area contributed by atoms with E-state index in [9.17, 15) is 0 Å². The van der Waals surface area contributed by atoms with E-state index >= 15 is 0 Å². The average Bonchev–Trinajstić information content (AvgIpc) is 2.47. The van der Waals surface area contributed by atoms with Crippen LogP contribution in [0.3, 0.4) is 0 Å². The quantitative estimate of drug-likeness (QED) is 0.663. The molecule has 1 N–H and O–H groups in total. The van der Waals surface area contributed by atoms with E-state index in [0.29, 0.717) is 5.92 Å². The predicted octanol–water partition coefficient (Wildman–Crippen LogP) is 0.675. The lowest BCUT2D eigenvalue weighted by atomic mass is 10.1. The van der Waals surface area contributed by atoms with Crippen LogP contribution < -0.4 is 10.6 Å². The van der Waals surface area contributed by atoms with Gasteiger partial charge in [0.05, 0.1) is 17.2 Å². The predicted molar refractivity (Wildman–Crippen MR) is 55.8 cm³/mol. The number of aliphatic imine (C=N–C) groups is 1. The molecule has 3 nitrogen and oxygen atoms in total. The normalized spacial score (nSPS) is 14.2. The minimum absolute atomic E-state index is 0.384. The number of rotatable bonds is 2. The van der Waals surface area contributed by atoms with E-state index < -0.39 is 0 Å². The molecule has 13 heavy (non-hydrogen) atoms. The molecule has 0 atom stereocenters. The fraction of sp³-hybridized carbons (Fsp3) is 0.400.